The minimum absolute atomic E-state index is 0.0686. The minimum Gasteiger partial charge on any atom is -0.480 e. The monoisotopic (exact) mass is 156 g/mol. The van der Waals surface area contributed by atoms with Gasteiger partial charge in [-0.2, -0.15) is 5.10 Å². The molecule has 0 heterocycles. The number of nitrogens with zero attached hydrogens (tertiary/aromatic N) is 2. The first-order valence-electron chi connectivity index (χ1n) is 3.32. The van der Waals surface area contributed by atoms with Gasteiger partial charge in [-0.3, -0.25) is 9.80 Å². The van der Waals surface area contributed by atoms with E-state index in [4.69, 9.17) is 5.11 Å². The van der Waals surface area contributed by atoms with Gasteiger partial charge in [-0.25, -0.2) is 0 Å². The molecule has 0 saturated carbocycles. The van der Waals surface area contributed by atoms with Gasteiger partial charge in [-0.05, 0) is 13.0 Å². The number of allylic oxidation sites excluding steroid dienone is 1. The fourth-order valence-corrected chi connectivity index (χ4v) is 0.532. The molecule has 0 saturated heterocycles. The molecule has 11 heavy (non-hydrogen) atoms. The van der Waals surface area contributed by atoms with Crippen LogP contribution in [0.1, 0.15) is 6.92 Å². The van der Waals surface area contributed by atoms with E-state index < -0.39 is 5.97 Å². The Hall–Kier alpha value is -1.32. The Morgan fingerprint density at radius 3 is 2.82 bits per heavy atom. The smallest absolute Gasteiger partial charge is 0.324 e. The molecule has 0 amide bonds. The highest BCUT2D eigenvalue weighted by molar-refractivity contribution is 5.71. The topological polar surface area (TPSA) is 52.9 Å². The van der Waals surface area contributed by atoms with E-state index >= 15 is 0 Å². The van der Waals surface area contributed by atoms with Crippen LogP contribution in [0.2, 0.25) is 0 Å². The van der Waals surface area contributed by atoms with Crippen LogP contribution in [0.15, 0.2) is 17.8 Å². The van der Waals surface area contributed by atoms with Gasteiger partial charge in [0.2, 0.25) is 0 Å². The van der Waals surface area contributed by atoms with Crippen LogP contribution in [0.4, 0.5) is 0 Å². The SMILES string of the molecule is C=C/C=N\N(CC)CC(=O)O. The zero-order chi connectivity index (χ0) is 8.69. The van der Waals surface area contributed by atoms with Crippen LogP contribution in [0.3, 0.4) is 0 Å². The molecule has 0 aliphatic heterocycles. The van der Waals surface area contributed by atoms with E-state index in [1.807, 2.05) is 6.92 Å². The summed E-state index contributed by atoms with van der Waals surface area (Å²) in [5, 5.41) is 13.6. The molecule has 0 atom stereocenters. The predicted octanol–water partition coefficient (Wildman–Crippen LogP) is 0.565. The van der Waals surface area contributed by atoms with Gasteiger partial charge in [0, 0.05) is 12.8 Å². The molecule has 62 valence electrons. The van der Waals surface area contributed by atoms with Crippen molar-refractivity contribution in [2.24, 2.45) is 5.10 Å². The number of carbonyl (C=O) groups is 1. The van der Waals surface area contributed by atoms with Gasteiger partial charge < -0.3 is 5.11 Å². The molecular weight excluding hydrogens is 144 g/mol. The molecule has 1 N–H and O–H groups in total. The van der Waals surface area contributed by atoms with Crippen LogP contribution < -0.4 is 0 Å². The van der Waals surface area contributed by atoms with Crippen LogP contribution in [0, 0.1) is 0 Å². The van der Waals surface area contributed by atoms with E-state index in [0.29, 0.717) is 6.54 Å². The van der Waals surface area contributed by atoms with E-state index in [0.717, 1.165) is 0 Å². The number of likely N-dealkylation sites (N-methyl/N-ethyl adjacent to an activating group) is 1. The fraction of sp³-hybridized carbons (Fsp3) is 0.429. The molecule has 4 nitrogen and oxygen atoms in total. The zero-order valence-electron chi connectivity index (χ0n) is 6.53. The first-order chi connectivity index (χ1) is 5.20. The van der Waals surface area contributed by atoms with E-state index in [9.17, 15) is 4.79 Å². The van der Waals surface area contributed by atoms with Crippen LogP contribution in [0.5, 0.6) is 0 Å². The van der Waals surface area contributed by atoms with Crippen LogP contribution in [0.25, 0.3) is 0 Å². The van der Waals surface area contributed by atoms with Gasteiger partial charge in [0.1, 0.15) is 6.54 Å². The van der Waals surface area contributed by atoms with Crippen molar-refractivity contribution in [1.29, 1.82) is 0 Å². The number of aliphatic carboxylic acids is 1. The Bertz CT molecular complexity index is 166. The van der Waals surface area contributed by atoms with Gasteiger partial charge in [0.15, 0.2) is 0 Å². The van der Waals surface area contributed by atoms with Crippen LogP contribution >= 0.6 is 0 Å². The van der Waals surface area contributed by atoms with Gasteiger partial charge in [-0.15, -0.1) is 0 Å². The predicted molar refractivity (Wildman–Crippen MR) is 43.6 cm³/mol. The molecule has 0 spiro atoms. The van der Waals surface area contributed by atoms with E-state index in [1.165, 1.54) is 17.3 Å². The van der Waals surface area contributed by atoms with Crippen molar-refractivity contribution >= 4 is 12.2 Å². The Kier molecular flexibility index (Phi) is 4.81. The third-order valence-corrected chi connectivity index (χ3v) is 1.02. The van der Waals surface area contributed by atoms with Crippen molar-refractivity contribution in [2.75, 3.05) is 13.1 Å². The number of carboxylic acids is 1. The first-order valence-corrected chi connectivity index (χ1v) is 3.32. The van der Waals surface area contributed by atoms with Crippen molar-refractivity contribution in [3.05, 3.63) is 12.7 Å². The largest absolute Gasteiger partial charge is 0.480 e. The number of hydrogen-bond donors (Lipinski definition) is 1. The van der Waals surface area contributed by atoms with Crippen molar-refractivity contribution in [3.8, 4) is 0 Å². The molecule has 0 aliphatic carbocycles. The average Bonchev–Trinajstić information content (AvgIpc) is 1.97. The van der Waals surface area contributed by atoms with Crippen LogP contribution in [-0.4, -0.2) is 35.4 Å². The molecule has 0 aromatic rings. The standard InChI is InChI=1S/C7H12N2O2/c1-3-5-8-9(4-2)6-7(10)11/h3,5H,1,4,6H2,2H3,(H,10,11)/b8-5-. The maximum Gasteiger partial charge on any atom is 0.324 e. The summed E-state index contributed by atoms with van der Waals surface area (Å²) in [6.07, 6.45) is 2.97. The highest BCUT2D eigenvalue weighted by Gasteiger charge is 2.01. The second-order valence-electron chi connectivity index (χ2n) is 1.87. The Labute approximate surface area is 65.8 Å². The fourth-order valence-electron chi connectivity index (χ4n) is 0.532. The summed E-state index contributed by atoms with van der Waals surface area (Å²) < 4.78 is 0. The Morgan fingerprint density at radius 1 is 1.82 bits per heavy atom. The third-order valence-electron chi connectivity index (χ3n) is 1.02. The van der Waals surface area contributed by atoms with Crippen molar-refractivity contribution in [2.45, 2.75) is 6.92 Å². The minimum atomic E-state index is -0.881. The van der Waals surface area contributed by atoms with Gasteiger partial charge in [-0.1, -0.05) is 6.58 Å². The number of carboxylic acid groups (broad SMARTS) is 1. The van der Waals surface area contributed by atoms with Crippen molar-refractivity contribution in [1.82, 2.24) is 5.01 Å². The molecule has 0 unspecified atom stereocenters. The van der Waals surface area contributed by atoms with E-state index in [2.05, 4.69) is 11.7 Å². The van der Waals surface area contributed by atoms with Crippen molar-refractivity contribution in [3.63, 3.8) is 0 Å². The summed E-state index contributed by atoms with van der Waals surface area (Å²) in [4.78, 5) is 10.2. The number of hydrogen-bond acceptors (Lipinski definition) is 3. The highest BCUT2D eigenvalue weighted by Crippen LogP contribution is 1.86. The van der Waals surface area contributed by atoms with Crippen molar-refractivity contribution < 1.29 is 9.90 Å². The number of rotatable bonds is 5. The van der Waals surface area contributed by atoms with Crippen LogP contribution in [-0.2, 0) is 4.79 Å². The molecule has 0 radical (unpaired) electrons. The summed E-state index contributed by atoms with van der Waals surface area (Å²) in [6.45, 7) is 5.77. The maximum absolute atomic E-state index is 10.2. The summed E-state index contributed by atoms with van der Waals surface area (Å²) in [7, 11) is 0. The lowest BCUT2D eigenvalue weighted by Gasteiger charge is -2.12. The molecule has 0 aromatic heterocycles. The average molecular weight is 156 g/mol. The Balaban J connectivity index is 3.84. The molecule has 0 aromatic carbocycles. The number of hydrazone groups is 1. The zero-order valence-corrected chi connectivity index (χ0v) is 6.53. The second kappa shape index (κ2) is 5.46. The van der Waals surface area contributed by atoms with Gasteiger partial charge >= 0.3 is 5.97 Å². The lowest BCUT2D eigenvalue weighted by atomic mass is 10.6. The first kappa shape index (κ1) is 9.68. The quantitative estimate of drug-likeness (QED) is 0.467. The van der Waals surface area contributed by atoms with Gasteiger partial charge in [0.25, 0.3) is 0 Å². The molecule has 0 fully saturated rings. The maximum atomic E-state index is 10.2. The highest BCUT2D eigenvalue weighted by atomic mass is 16.4. The Morgan fingerprint density at radius 2 is 2.45 bits per heavy atom. The summed E-state index contributed by atoms with van der Waals surface area (Å²) in [5.41, 5.74) is 0. The third kappa shape index (κ3) is 5.14. The molecule has 0 rings (SSSR count). The van der Waals surface area contributed by atoms with E-state index in [1.54, 1.807) is 0 Å². The summed E-state index contributed by atoms with van der Waals surface area (Å²) in [5.74, 6) is -0.881. The molecule has 0 aliphatic rings. The summed E-state index contributed by atoms with van der Waals surface area (Å²) in [6, 6.07) is 0. The molecule has 0 bridgehead atoms. The summed E-state index contributed by atoms with van der Waals surface area (Å²) >= 11 is 0. The molecule has 4 heteroatoms. The molecular formula is C7H12N2O2. The van der Waals surface area contributed by atoms with E-state index in [-0.39, 0.29) is 6.54 Å². The van der Waals surface area contributed by atoms with Gasteiger partial charge in [0.05, 0.1) is 0 Å². The lowest BCUT2D eigenvalue weighted by molar-refractivity contribution is -0.138. The lowest BCUT2D eigenvalue weighted by Crippen LogP contribution is -2.24. The normalized spacial score (nSPS) is 9.91. The second-order valence-corrected chi connectivity index (χ2v) is 1.87.